The molecule has 0 aromatic carbocycles. The summed E-state index contributed by atoms with van der Waals surface area (Å²) < 4.78 is 32.5. The van der Waals surface area contributed by atoms with Crippen molar-refractivity contribution in [3.05, 3.63) is 72.9 Å². The average Bonchev–Trinajstić information content (AvgIpc) is 3.14. The van der Waals surface area contributed by atoms with Crippen LogP contribution in [-0.2, 0) is 32.7 Å². The molecule has 0 aromatic rings. The summed E-state index contributed by atoms with van der Waals surface area (Å²) in [5, 5.41) is 18.3. The molecule has 10 nitrogen and oxygen atoms in total. The number of phosphoric acid groups is 1. The number of esters is 2. The third-order valence-electron chi connectivity index (χ3n) is 7.84. The van der Waals surface area contributed by atoms with Crippen LogP contribution in [0.1, 0.15) is 142 Å². The Labute approximate surface area is 320 Å². The van der Waals surface area contributed by atoms with Gasteiger partial charge in [0.1, 0.15) is 12.7 Å². The summed E-state index contributed by atoms with van der Waals surface area (Å²) in [6, 6.07) is 0. The van der Waals surface area contributed by atoms with Gasteiger partial charge in [-0.25, -0.2) is 4.57 Å². The van der Waals surface area contributed by atoms with Crippen LogP contribution in [0.25, 0.3) is 0 Å². The van der Waals surface area contributed by atoms with Gasteiger partial charge >= 0.3 is 19.8 Å². The number of phosphoric ester groups is 1. The van der Waals surface area contributed by atoms with E-state index in [0.29, 0.717) is 19.3 Å². The third kappa shape index (κ3) is 37.5. The molecule has 3 atom stereocenters. The monoisotopic (exact) mass is 766 g/mol. The number of hydrogen-bond acceptors (Lipinski definition) is 9. The van der Waals surface area contributed by atoms with Crippen LogP contribution in [0.4, 0.5) is 0 Å². The van der Waals surface area contributed by atoms with Gasteiger partial charge in [0, 0.05) is 12.8 Å². The number of ether oxygens (including phenoxy) is 2. The molecule has 0 heterocycles. The van der Waals surface area contributed by atoms with Crippen molar-refractivity contribution in [2.75, 3.05) is 26.4 Å². The molecule has 0 saturated carbocycles. The van der Waals surface area contributed by atoms with Crippen molar-refractivity contribution in [3.63, 3.8) is 0 Å². The smallest absolute Gasteiger partial charge is 0.462 e. The maximum atomic E-state index is 12.6. The molecule has 3 N–H and O–H groups in total. The number of aliphatic hydroxyl groups excluding tert-OH is 2. The number of allylic oxidation sites excluding steroid dienone is 12. The van der Waals surface area contributed by atoms with Crippen molar-refractivity contribution >= 4 is 19.8 Å². The molecule has 0 bridgehead atoms. The van der Waals surface area contributed by atoms with Crippen LogP contribution in [0.15, 0.2) is 72.9 Å². The molecule has 0 amide bonds. The van der Waals surface area contributed by atoms with Gasteiger partial charge in [-0.2, -0.15) is 0 Å². The predicted molar refractivity (Wildman–Crippen MR) is 214 cm³/mol. The van der Waals surface area contributed by atoms with Gasteiger partial charge in [-0.1, -0.05) is 125 Å². The van der Waals surface area contributed by atoms with Crippen LogP contribution in [0, 0.1) is 0 Å². The maximum absolute atomic E-state index is 12.6. The van der Waals surface area contributed by atoms with Gasteiger partial charge in [0.15, 0.2) is 6.10 Å². The van der Waals surface area contributed by atoms with Gasteiger partial charge in [-0.3, -0.25) is 18.6 Å². The Morgan fingerprint density at radius 2 is 1.06 bits per heavy atom. The van der Waals surface area contributed by atoms with Gasteiger partial charge in [0.05, 0.1) is 19.8 Å². The van der Waals surface area contributed by atoms with Crippen molar-refractivity contribution < 1.29 is 47.8 Å². The minimum Gasteiger partial charge on any atom is -0.462 e. The van der Waals surface area contributed by atoms with E-state index in [0.717, 1.165) is 70.6 Å². The number of carbonyl (C=O) groups excluding carboxylic acids is 2. The first kappa shape index (κ1) is 50.4. The fourth-order valence-corrected chi connectivity index (χ4v) is 5.58. The van der Waals surface area contributed by atoms with E-state index in [1.165, 1.54) is 25.7 Å². The Balaban J connectivity index is 4.49. The summed E-state index contributed by atoms with van der Waals surface area (Å²) in [7, 11) is -4.63. The summed E-state index contributed by atoms with van der Waals surface area (Å²) in [6.07, 6.45) is 41.6. The van der Waals surface area contributed by atoms with Crippen LogP contribution in [-0.4, -0.2) is 65.7 Å². The molecule has 0 aliphatic rings. The van der Waals surface area contributed by atoms with E-state index in [2.05, 4.69) is 79.1 Å². The van der Waals surface area contributed by atoms with Gasteiger partial charge in [-0.15, -0.1) is 0 Å². The Bertz CT molecular complexity index is 1110. The largest absolute Gasteiger partial charge is 0.472 e. The summed E-state index contributed by atoms with van der Waals surface area (Å²) in [5.74, 6) is -1.01. The van der Waals surface area contributed by atoms with Gasteiger partial charge < -0.3 is 24.6 Å². The van der Waals surface area contributed by atoms with E-state index in [1.807, 2.05) is 12.2 Å². The van der Waals surface area contributed by atoms with E-state index in [4.69, 9.17) is 19.1 Å². The van der Waals surface area contributed by atoms with Crippen molar-refractivity contribution in [3.8, 4) is 0 Å². The number of aliphatic hydroxyl groups is 2. The van der Waals surface area contributed by atoms with Crippen LogP contribution in [0.5, 0.6) is 0 Å². The first-order valence-electron chi connectivity index (χ1n) is 19.9. The zero-order valence-electron chi connectivity index (χ0n) is 32.7. The fraction of sp³-hybridized carbons (Fsp3) is 0.667. The van der Waals surface area contributed by atoms with Crippen LogP contribution in [0.2, 0.25) is 0 Å². The topological polar surface area (TPSA) is 149 Å². The highest BCUT2D eigenvalue weighted by molar-refractivity contribution is 7.47. The van der Waals surface area contributed by atoms with Crippen molar-refractivity contribution in [2.45, 2.75) is 154 Å². The average molecular weight is 767 g/mol. The molecular weight excluding hydrogens is 695 g/mol. The lowest BCUT2D eigenvalue weighted by atomic mass is 10.1. The van der Waals surface area contributed by atoms with E-state index >= 15 is 0 Å². The highest BCUT2D eigenvalue weighted by Crippen LogP contribution is 2.43. The van der Waals surface area contributed by atoms with Crippen molar-refractivity contribution in [2.24, 2.45) is 0 Å². The number of rotatable bonds is 36. The minimum absolute atomic E-state index is 0.101. The summed E-state index contributed by atoms with van der Waals surface area (Å²) >= 11 is 0. The molecule has 0 saturated heterocycles. The molecule has 0 fully saturated rings. The molecule has 0 aromatic heterocycles. The first-order valence-corrected chi connectivity index (χ1v) is 21.4. The summed E-state index contributed by atoms with van der Waals surface area (Å²) in [5.41, 5.74) is 0. The molecular formula is C42H71O10P. The second-order valence-corrected chi connectivity index (χ2v) is 14.4. The molecule has 53 heavy (non-hydrogen) atoms. The summed E-state index contributed by atoms with van der Waals surface area (Å²) in [6.45, 7) is 2.15. The molecule has 0 radical (unpaired) electrons. The highest BCUT2D eigenvalue weighted by atomic mass is 31.2. The second kappa shape index (κ2) is 37.7. The Morgan fingerprint density at radius 1 is 0.585 bits per heavy atom. The van der Waals surface area contributed by atoms with E-state index in [9.17, 15) is 24.2 Å². The lowest BCUT2D eigenvalue weighted by molar-refractivity contribution is -0.161. The molecule has 0 spiro atoms. The van der Waals surface area contributed by atoms with E-state index in [1.54, 1.807) is 0 Å². The molecule has 0 rings (SSSR count). The maximum Gasteiger partial charge on any atom is 0.472 e. The number of hydrogen-bond donors (Lipinski definition) is 3. The highest BCUT2D eigenvalue weighted by Gasteiger charge is 2.27. The van der Waals surface area contributed by atoms with Gasteiger partial charge in [0.2, 0.25) is 0 Å². The lowest BCUT2D eigenvalue weighted by Crippen LogP contribution is -2.29. The third-order valence-corrected chi connectivity index (χ3v) is 8.80. The van der Waals surface area contributed by atoms with Gasteiger partial charge in [-0.05, 0) is 77.0 Å². The SMILES string of the molecule is CC/C=C\C/C=C\C/C=C\C/C=C\C/C=C\CCCC(=O)O[C@H](COC(=O)CCCCCCC/C=C\CCCCCC)COP(=O)(O)OC[C@@H](O)CO. The van der Waals surface area contributed by atoms with Crippen LogP contribution < -0.4 is 0 Å². The minimum atomic E-state index is -4.63. The second-order valence-electron chi connectivity index (χ2n) is 12.9. The van der Waals surface area contributed by atoms with E-state index in [-0.39, 0.29) is 19.4 Å². The zero-order chi connectivity index (χ0) is 39.1. The van der Waals surface area contributed by atoms with Crippen LogP contribution >= 0.6 is 7.82 Å². The zero-order valence-corrected chi connectivity index (χ0v) is 33.6. The lowest BCUT2D eigenvalue weighted by Gasteiger charge is -2.20. The Morgan fingerprint density at radius 3 is 1.64 bits per heavy atom. The fourth-order valence-electron chi connectivity index (χ4n) is 4.79. The molecule has 0 aliphatic carbocycles. The molecule has 1 unspecified atom stereocenters. The number of carbonyl (C=O) groups is 2. The quantitative estimate of drug-likeness (QED) is 0.0243. The molecule has 304 valence electrons. The summed E-state index contributed by atoms with van der Waals surface area (Å²) in [4.78, 5) is 34.8. The van der Waals surface area contributed by atoms with Crippen molar-refractivity contribution in [1.29, 1.82) is 0 Å². The van der Waals surface area contributed by atoms with Crippen molar-refractivity contribution in [1.82, 2.24) is 0 Å². The Kier molecular flexibility index (Phi) is 35.9. The molecule has 0 aliphatic heterocycles. The van der Waals surface area contributed by atoms with Crippen LogP contribution in [0.3, 0.4) is 0 Å². The van der Waals surface area contributed by atoms with Gasteiger partial charge in [0.25, 0.3) is 0 Å². The number of unbranched alkanes of at least 4 members (excludes halogenated alkanes) is 10. The first-order chi connectivity index (χ1) is 25.7. The Hall–Kier alpha value is -2.59. The van der Waals surface area contributed by atoms with E-state index < -0.39 is 51.8 Å². The standard InChI is InChI=1S/C42H71O10P/c1-3-5-7-9-11-13-15-17-18-19-20-22-24-26-28-30-32-34-42(46)52-40(38-51-53(47,48)50-36-39(44)35-43)37-49-41(45)33-31-29-27-25-23-21-16-14-12-10-8-6-4-2/h5,7,11,13-14,16-18,20,22,26,28,39-40,43-44H,3-4,6,8-10,12,15,19,21,23-25,27,29-38H2,1-2H3,(H,47,48)/b7-5-,13-11-,16-14-,18-17-,22-20-,28-26-/t39-,40+/m0/s1. The molecule has 11 heteroatoms. The normalized spacial score (nSPS) is 14.7. The predicted octanol–water partition coefficient (Wildman–Crippen LogP) is 10.1.